The fourth-order valence-corrected chi connectivity index (χ4v) is 2.78. The zero-order chi connectivity index (χ0) is 13.0. The number of ether oxygens (including phenoxy) is 1. The van der Waals surface area contributed by atoms with Crippen LogP contribution in [0.5, 0.6) is 5.88 Å². The molecule has 0 spiro atoms. The third-order valence-electron chi connectivity index (χ3n) is 3.28. The summed E-state index contributed by atoms with van der Waals surface area (Å²) in [5.74, 6) is 1.28. The van der Waals surface area contributed by atoms with Crippen molar-refractivity contribution in [3.63, 3.8) is 0 Å². The van der Waals surface area contributed by atoms with E-state index in [1.807, 2.05) is 0 Å². The fraction of sp³-hybridized carbons (Fsp3) is 0.667. The van der Waals surface area contributed by atoms with Gasteiger partial charge in [-0.2, -0.15) is 4.98 Å². The second-order valence-electron chi connectivity index (χ2n) is 4.45. The van der Waals surface area contributed by atoms with E-state index in [4.69, 9.17) is 10.5 Å². The zero-order valence-corrected chi connectivity index (χ0v) is 12.2. The van der Waals surface area contributed by atoms with E-state index in [9.17, 15) is 0 Å². The first-order chi connectivity index (χ1) is 8.76. The highest BCUT2D eigenvalue weighted by Crippen LogP contribution is 2.28. The normalized spacial score (nSPS) is 15.9. The smallest absolute Gasteiger partial charge is 0.232 e. The maximum absolute atomic E-state index is 5.70. The molecule has 6 heteroatoms. The van der Waals surface area contributed by atoms with Crippen molar-refractivity contribution in [3.05, 3.63) is 10.7 Å². The fourth-order valence-electron chi connectivity index (χ4n) is 2.43. The van der Waals surface area contributed by atoms with Gasteiger partial charge in [0.25, 0.3) is 0 Å². The zero-order valence-electron chi connectivity index (χ0n) is 10.6. The average molecular weight is 315 g/mol. The van der Waals surface area contributed by atoms with Gasteiger partial charge in [-0.05, 0) is 28.8 Å². The Morgan fingerprint density at radius 3 is 2.83 bits per heavy atom. The molecule has 1 aliphatic rings. The number of aromatic nitrogens is 2. The van der Waals surface area contributed by atoms with Gasteiger partial charge in [0, 0.05) is 19.1 Å². The third-order valence-corrected chi connectivity index (χ3v) is 3.83. The molecule has 2 rings (SSSR count). The Kier molecular flexibility index (Phi) is 4.77. The lowest BCUT2D eigenvalue weighted by Crippen LogP contribution is -2.38. The van der Waals surface area contributed by atoms with E-state index < -0.39 is 0 Å². The molecule has 2 N–H and O–H groups in total. The molecule has 5 nitrogen and oxygen atoms in total. The van der Waals surface area contributed by atoms with Crippen LogP contribution in [0.15, 0.2) is 10.7 Å². The molecule has 100 valence electrons. The van der Waals surface area contributed by atoms with Gasteiger partial charge < -0.3 is 15.4 Å². The number of rotatable bonds is 5. The molecule has 0 saturated heterocycles. The minimum Gasteiger partial charge on any atom is -0.480 e. The van der Waals surface area contributed by atoms with Gasteiger partial charge in [0.1, 0.15) is 0 Å². The highest BCUT2D eigenvalue weighted by atomic mass is 79.9. The second-order valence-corrected chi connectivity index (χ2v) is 5.30. The molecule has 0 atom stereocenters. The number of hydrogen-bond acceptors (Lipinski definition) is 5. The minimum absolute atomic E-state index is 0.513. The monoisotopic (exact) mass is 314 g/mol. The van der Waals surface area contributed by atoms with Crippen molar-refractivity contribution < 1.29 is 4.74 Å². The van der Waals surface area contributed by atoms with Crippen LogP contribution in [0.25, 0.3) is 0 Å². The van der Waals surface area contributed by atoms with E-state index in [1.165, 1.54) is 25.7 Å². The summed E-state index contributed by atoms with van der Waals surface area (Å²) in [4.78, 5) is 11.0. The number of methoxy groups -OCH3 is 1. The van der Waals surface area contributed by atoms with Crippen LogP contribution in [-0.4, -0.2) is 36.2 Å². The molecule has 1 heterocycles. The standard InChI is InChI=1S/C12H19BrN4O/c1-18-11-10(13)8-15-12(16-11)17(7-6-14)9-4-2-3-5-9/h8-9H,2-7,14H2,1H3. The molecule has 0 radical (unpaired) electrons. The Balaban J connectivity index is 2.23. The average Bonchev–Trinajstić information content (AvgIpc) is 2.90. The first-order valence-electron chi connectivity index (χ1n) is 6.29. The van der Waals surface area contributed by atoms with Crippen LogP contribution in [0.1, 0.15) is 25.7 Å². The topological polar surface area (TPSA) is 64.3 Å². The Labute approximate surface area is 116 Å². The molecule has 1 aliphatic carbocycles. The van der Waals surface area contributed by atoms with Crippen LogP contribution in [0.4, 0.5) is 5.95 Å². The van der Waals surface area contributed by atoms with Gasteiger partial charge >= 0.3 is 0 Å². The highest BCUT2D eigenvalue weighted by Gasteiger charge is 2.24. The Morgan fingerprint density at radius 2 is 2.22 bits per heavy atom. The van der Waals surface area contributed by atoms with Gasteiger partial charge in [-0.3, -0.25) is 0 Å². The Bertz CT molecular complexity index is 396. The van der Waals surface area contributed by atoms with Crippen LogP contribution in [0, 0.1) is 0 Å². The summed E-state index contributed by atoms with van der Waals surface area (Å²) in [5.41, 5.74) is 5.70. The lowest BCUT2D eigenvalue weighted by molar-refractivity contribution is 0.393. The molecule has 1 aromatic heterocycles. The van der Waals surface area contributed by atoms with Gasteiger partial charge in [-0.15, -0.1) is 0 Å². The molecule has 0 amide bonds. The van der Waals surface area contributed by atoms with Crippen LogP contribution in [0.2, 0.25) is 0 Å². The number of nitrogens with two attached hydrogens (primary N) is 1. The maximum Gasteiger partial charge on any atom is 0.232 e. The predicted molar refractivity (Wildman–Crippen MR) is 74.9 cm³/mol. The summed E-state index contributed by atoms with van der Waals surface area (Å²) >= 11 is 3.37. The van der Waals surface area contributed by atoms with Crippen molar-refractivity contribution in [2.24, 2.45) is 5.73 Å². The van der Waals surface area contributed by atoms with E-state index in [0.29, 0.717) is 24.4 Å². The largest absolute Gasteiger partial charge is 0.480 e. The molecule has 18 heavy (non-hydrogen) atoms. The third kappa shape index (κ3) is 2.92. The van der Waals surface area contributed by atoms with E-state index in [2.05, 4.69) is 30.8 Å². The lowest BCUT2D eigenvalue weighted by atomic mass is 10.2. The van der Waals surface area contributed by atoms with Gasteiger partial charge in [-0.25, -0.2) is 4.98 Å². The van der Waals surface area contributed by atoms with Crippen molar-refractivity contribution in [2.75, 3.05) is 25.1 Å². The summed E-state index contributed by atoms with van der Waals surface area (Å²) in [5, 5.41) is 0. The number of nitrogens with zero attached hydrogens (tertiary/aromatic N) is 3. The minimum atomic E-state index is 0.513. The lowest BCUT2D eigenvalue weighted by Gasteiger charge is -2.28. The van der Waals surface area contributed by atoms with Crippen molar-refractivity contribution in [3.8, 4) is 5.88 Å². The molecule has 0 aromatic carbocycles. The van der Waals surface area contributed by atoms with Crippen LogP contribution in [-0.2, 0) is 0 Å². The Morgan fingerprint density at radius 1 is 1.50 bits per heavy atom. The first-order valence-corrected chi connectivity index (χ1v) is 7.08. The molecule has 0 aliphatic heterocycles. The molecule has 1 aromatic rings. The van der Waals surface area contributed by atoms with E-state index in [0.717, 1.165) is 11.0 Å². The van der Waals surface area contributed by atoms with Crippen molar-refractivity contribution in [1.29, 1.82) is 0 Å². The van der Waals surface area contributed by atoms with Crippen molar-refractivity contribution >= 4 is 21.9 Å². The number of hydrogen-bond donors (Lipinski definition) is 1. The van der Waals surface area contributed by atoms with E-state index in [-0.39, 0.29) is 0 Å². The molecule has 1 fully saturated rings. The van der Waals surface area contributed by atoms with Crippen LogP contribution >= 0.6 is 15.9 Å². The molecule has 0 unspecified atom stereocenters. The molecular weight excluding hydrogens is 296 g/mol. The summed E-state index contributed by atoms with van der Waals surface area (Å²) in [7, 11) is 1.61. The highest BCUT2D eigenvalue weighted by molar-refractivity contribution is 9.10. The first kappa shape index (κ1) is 13.5. The maximum atomic E-state index is 5.70. The number of halogens is 1. The molecular formula is C12H19BrN4O. The molecule has 0 bridgehead atoms. The van der Waals surface area contributed by atoms with Crippen LogP contribution in [0.3, 0.4) is 0 Å². The molecule has 1 saturated carbocycles. The predicted octanol–water partition coefficient (Wildman–Crippen LogP) is 1.96. The van der Waals surface area contributed by atoms with Gasteiger partial charge in [0.2, 0.25) is 11.8 Å². The van der Waals surface area contributed by atoms with E-state index in [1.54, 1.807) is 13.3 Å². The van der Waals surface area contributed by atoms with Gasteiger partial charge in [0.15, 0.2) is 0 Å². The number of anilines is 1. The van der Waals surface area contributed by atoms with E-state index >= 15 is 0 Å². The summed E-state index contributed by atoms with van der Waals surface area (Å²) in [6.45, 7) is 1.40. The summed E-state index contributed by atoms with van der Waals surface area (Å²) in [6, 6.07) is 0.513. The Hall–Kier alpha value is -0.880. The van der Waals surface area contributed by atoms with Crippen LogP contribution < -0.4 is 15.4 Å². The van der Waals surface area contributed by atoms with Gasteiger partial charge in [0.05, 0.1) is 17.8 Å². The summed E-state index contributed by atoms with van der Waals surface area (Å²) < 4.78 is 5.99. The SMILES string of the molecule is COc1nc(N(CCN)C2CCCC2)ncc1Br. The van der Waals surface area contributed by atoms with Gasteiger partial charge in [-0.1, -0.05) is 12.8 Å². The summed E-state index contributed by atoms with van der Waals surface area (Å²) in [6.07, 6.45) is 6.68. The quantitative estimate of drug-likeness (QED) is 0.900. The van der Waals surface area contributed by atoms with Crippen molar-refractivity contribution in [2.45, 2.75) is 31.7 Å². The van der Waals surface area contributed by atoms with Crippen molar-refractivity contribution in [1.82, 2.24) is 9.97 Å². The second kappa shape index (κ2) is 6.33.